The zero-order valence-electron chi connectivity index (χ0n) is 60.5. The Morgan fingerprint density at radius 1 is 0.588 bits per heavy atom. The van der Waals surface area contributed by atoms with Crippen LogP contribution in [0.3, 0.4) is 0 Å². The summed E-state index contributed by atoms with van der Waals surface area (Å²) in [7, 11) is 6.07. The number of imidazole rings is 3. The second kappa shape index (κ2) is 31.8. The van der Waals surface area contributed by atoms with Gasteiger partial charge >= 0.3 is 18.3 Å². The molecule has 2 N–H and O–H groups in total. The van der Waals surface area contributed by atoms with E-state index in [1.165, 1.54) is 75.8 Å². The third kappa shape index (κ3) is 15.0. The molecule has 0 bridgehead atoms. The Labute approximate surface area is 596 Å². The zero-order valence-corrected chi connectivity index (χ0v) is 60.5. The number of hydrogen-bond donors (Lipinski definition) is 2. The van der Waals surface area contributed by atoms with E-state index in [1.807, 2.05) is 40.6 Å². The highest BCUT2D eigenvalue weighted by Crippen LogP contribution is 2.43. The molecular weight excluding hydrogens is 1290 g/mol. The molecular formula is C77H99N17O8. The van der Waals surface area contributed by atoms with E-state index < -0.39 is 0 Å². The Balaban J connectivity index is 0.000000137. The highest BCUT2D eigenvalue weighted by molar-refractivity contribution is 5.98. The van der Waals surface area contributed by atoms with Gasteiger partial charge in [-0.3, -0.25) is 38.6 Å². The second-order valence-corrected chi connectivity index (χ2v) is 28.5. The van der Waals surface area contributed by atoms with Gasteiger partial charge in [0.25, 0.3) is 0 Å². The van der Waals surface area contributed by atoms with E-state index in [2.05, 4.69) is 108 Å². The van der Waals surface area contributed by atoms with Gasteiger partial charge in [0.15, 0.2) is 0 Å². The lowest BCUT2D eigenvalue weighted by molar-refractivity contribution is -0.122. The van der Waals surface area contributed by atoms with Crippen molar-refractivity contribution in [1.82, 2.24) is 68.7 Å². The molecule has 25 nitrogen and oxygen atoms in total. The number of ether oxygens (including phenoxy) is 3. The highest BCUT2D eigenvalue weighted by atomic mass is 16.6. The first-order valence-corrected chi connectivity index (χ1v) is 36.8. The number of amides is 4. The molecule has 540 valence electrons. The molecule has 0 spiro atoms. The van der Waals surface area contributed by atoms with Crippen molar-refractivity contribution in [3.63, 3.8) is 0 Å². The fraction of sp³-hybridized carbons (Fsp3) is 0.519. The molecule has 2 saturated carbocycles. The predicted molar refractivity (Wildman–Crippen MR) is 392 cm³/mol. The average Bonchev–Trinajstić information content (AvgIpc) is 1.56. The lowest BCUT2D eigenvalue weighted by atomic mass is 9.81. The maximum atomic E-state index is 13.0. The summed E-state index contributed by atoms with van der Waals surface area (Å²) < 4.78 is 25.5. The Morgan fingerprint density at radius 3 is 1.71 bits per heavy atom. The van der Waals surface area contributed by atoms with Crippen molar-refractivity contribution in [2.75, 3.05) is 68.8 Å². The Bertz CT molecular complexity index is 4450. The summed E-state index contributed by atoms with van der Waals surface area (Å²) in [5.41, 5.74) is 13.3. The lowest BCUT2D eigenvalue weighted by Crippen LogP contribution is -2.44. The smallest absolute Gasteiger partial charge is 0.414 e. The highest BCUT2D eigenvalue weighted by Gasteiger charge is 2.37. The van der Waals surface area contributed by atoms with E-state index in [4.69, 9.17) is 29.2 Å². The van der Waals surface area contributed by atoms with Gasteiger partial charge in [-0.15, -0.1) is 0 Å². The van der Waals surface area contributed by atoms with Crippen LogP contribution in [-0.4, -0.2) is 160 Å². The number of nitrogens with zero attached hydrogens (tertiary/aromatic N) is 15. The number of benzene rings is 4. The number of methoxy groups -OCH3 is 3. The molecule has 0 radical (unpaired) electrons. The van der Waals surface area contributed by atoms with Crippen LogP contribution in [0.25, 0.3) is 33.1 Å². The Kier molecular flexibility index (Phi) is 22.1. The van der Waals surface area contributed by atoms with E-state index >= 15 is 0 Å². The molecule has 9 aromatic rings. The van der Waals surface area contributed by atoms with Crippen molar-refractivity contribution in [1.29, 1.82) is 0 Å². The van der Waals surface area contributed by atoms with Crippen LogP contribution in [-0.2, 0) is 95.6 Å². The summed E-state index contributed by atoms with van der Waals surface area (Å²) in [6, 6.07) is 25.3. The fourth-order valence-electron chi connectivity index (χ4n) is 16.2. The van der Waals surface area contributed by atoms with Gasteiger partial charge in [-0.25, -0.2) is 34.3 Å². The van der Waals surface area contributed by atoms with Crippen LogP contribution in [0.15, 0.2) is 91.5 Å². The standard InChI is InChI=1S/C27H37N3O3.C26H33N5O2.C24H29N9O3/c1-17-10-12-22-23(29(17)27(32)33-3)13-14-24-26(22)28-25(15-11-19-6-4-7-19)30(24)21-9-5-8-20(16-21)18(2)31;1-19-8-9-21-22(31(19)26(32)33-2)10-11-23-25(21)28-24(18-20-6-4-3-5-7-20)30(23)17-16-29-14-12-27-13-15-29;1-16-5-6-17-18(33(16)24(35)36-3)7-8-19-23(17)29-20(9-12-31-11-4-10-27-31)32(19)14-22(34)25-13-21-26-15-28-30(21)2/h13-14,17,19-21H,4-12,15-16H2,1-3H3;3-7,10-11,19,27H,8-9,12-18H2,1-2H3;4,7-8,10-11,15-16H,5-6,9,12-14H2,1-3H3,(H,25,34)/t17-,20-,21+;19-;16-/m000/s1. The van der Waals surface area contributed by atoms with E-state index in [-0.39, 0.29) is 61.3 Å². The quantitative estimate of drug-likeness (QED) is 0.0804. The molecule has 2 aliphatic carbocycles. The van der Waals surface area contributed by atoms with Crippen molar-refractivity contribution >= 4 is 80.1 Å². The lowest BCUT2D eigenvalue weighted by Gasteiger charge is -2.34. The van der Waals surface area contributed by atoms with Crippen LogP contribution >= 0.6 is 0 Å². The number of carbonyl (C=O) groups is 5. The molecule has 5 aromatic heterocycles. The molecule has 1 saturated heterocycles. The molecule has 5 atom stereocenters. The summed E-state index contributed by atoms with van der Waals surface area (Å²) in [5, 5.41) is 14.7. The molecule has 4 aromatic carbocycles. The third-order valence-electron chi connectivity index (χ3n) is 22.1. The van der Waals surface area contributed by atoms with Gasteiger partial charge < -0.3 is 38.5 Å². The SMILES string of the molecule is COC(=O)N1c2ccc3c(nc(CCC4CCC4)n3[C@@H]3CCC[C@H](C(C)=O)C3)c2CC[C@@H]1C.COC(=O)N1c2ccc3c(nc(CCn4cccn4)n3CC(=O)NCc3ncnn3C)c2CC[C@@H]1C.COC(=O)N1c2ccc3c(nc(Cc4ccccc4)n3CCN3CCNCC3)c2CC[C@@H]1C. The van der Waals surface area contributed by atoms with Crippen LogP contribution in [0.4, 0.5) is 31.4 Å². The van der Waals surface area contributed by atoms with Crippen molar-refractivity contribution in [2.45, 2.75) is 187 Å². The first-order valence-electron chi connectivity index (χ1n) is 36.8. The van der Waals surface area contributed by atoms with Crippen LogP contribution in [0.2, 0.25) is 0 Å². The number of rotatable bonds is 17. The van der Waals surface area contributed by atoms with Crippen molar-refractivity contribution < 1.29 is 38.2 Å². The van der Waals surface area contributed by atoms with Crippen LogP contribution in [0, 0.1) is 11.8 Å². The fourth-order valence-corrected chi connectivity index (χ4v) is 16.2. The monoisotopic (exact) mass is 1390 g/mol. The summed E-state index contributed by atoms with van der Waals surface area (Å²) >= 11 is 0. The minimum absolute atomic E-state index is 0.0233. The number of aromatic nitrogens is 11. The molecule has 3 fully saturated rings. The van der Waals surface area contributed by atoms with E-state index in [0.29, 0.717) is 30.6 Å². The minimum Gasteiger partial charge on any atom is -0.452 e. The predicted octanol–water partition coefficient (Wildman–Crippen LogP) is 11.3. The van der Waals surface area contributed by atoms with Crippen LogP contribution in [0.1, 0.15) is 150 Å². The zero-order chi connectivity index (χ0) is 71.1. The largest absolute Gasteiger partial charge is 0.452 e. The number of nitrogens with one attached hydrogen (secondary N) is 2. The molecule has 6 aliphatic rings. The van der Waals surface area contributed by atoms with Crippen molar-refractivity contribution in [2.24, 2.45) is 18.9 Å². The van der Waals surface area contributed by atoms with Gasteiger partial charge in [-0.05, 0) is 146 Å². The first-order chi connectivity index (χ1) is 49.6. The molecule has 102 heavy (non-hydrogen) atoms. The van der Waals surface area contributed by atoms with E-state index in [1.54, 1.807) is 39.5 Å². The maximum absolute atomic E-state index is 13.0. The van der Waals surface area contributed by atoms with E-state index in [9.17, 15) is 24.0 Å². The van der Waals surface area contributed by atoms with Gasteiger partial charge in [0.1, 0.15) is 42.0 Å². The van der Waals surface area contributed by atoms with Gasteiger partial charge in [0.2, 0.25) is 5.91 Å². The maximum Gasteiger partial charge on any atom is 0.414 e. The molecule has 4 aliphatic heterocycles. The Hall–Kier alpha value is -9.49. The van der Waals surface area contributed by atoms with Crippen molar-refractivity contribution in [3.8, 4) is 0 Å². The minimum atomic E-state index is -0.385. The van der Waals surface area contributed by atoms with Crippen LogP contribution in [0.5, 0.6) is 0 Å². The van der Waals surface area contributed by atoms with Gasteiger partial charge in [0.05, 0.1) is 78.0 Å². The number of ketones is 1. The van der Waals surface area contributed by atoms with Gasteiger partial charge in [-0.2, -0.15) is 10.2 Å². The van der Waals surface area contributed by atoms with E-state index in [0.717, 1.165) is 190 Å². The third-order valence-corrected chi connectivity index (χ3v) is 22.1. The summed E-state index contributed by atoms with van der Waals surface area (Å²) in [6.07, 6.45) is 21.1. The molecule has 9 heterocycles. The number of Topliss-reactive ketones (excluding diaryl/α,β-unsaturated/α-hetero) is 1. The summed E-state index contributed by atoms with van der Waals surface area (Å²) in [6.45, 7) is 15.1. The number of piperazine rings is 1. The number of carbonyl (C=O) groups excluding carboxylic acids is 5. The number of hydrogen-bond acceptors (Lipinski definition) is 16. The van der Waals surface area contributed by atoms with Crippen LogP contribution < -0.4 is 25.3 Å². The number of anilines is 3. The Morgan fingerprint density at radius 2 is 1.16 bits per heavy atom. The number of fused-ring (bicyclic) bond motifs is 9. The number of aryl methyl sites for hydroxylation is 7. The first kappa shape index (κ1) is 70.9. The molecule has 15 rings (SSSR count). The molecule has 25 heteroatoms. The topological polar surface area (TPSA) is 252 Å². The van der Waals surface area contributed by atoms with Gasteiger partial charge in [0, 0.05) is 131 Å². The molecule has 4 amide bonds. The second-order valence-electron chi connectivity index (χ2n) is 28.5. The molecule has 0 unspecified atom stereocenters. The normalized spacial score (nSPS) is 19.8. The summed E-state index contributed by atoms with van der Waals surface area (Å²) in [5.74, 6) is 4.87. The van der Waals surface area contributed by atoms with Crippen molar-refractivity contribution in [3.05, 3.63) is 137 Å². The summed E-state index contributed by atoms with van der Waals surface area (Å²) in [4.78, 5) is 90.1. The van der Waals surface area contributed by atoms with Gasteiger partial charge in [-0.1, -0.05) is 56.0 Å². The average molecular weight is 1390 g/mol.